The predicted octanol–water partition coefficient (Wildman–Crippen LogP) is 4.97. The van der Waals surface area contributed by atoms with Gasteiger partial charge in [0.1, 0.15) is 17.3 Å². The minimum absolute atomic E-state index is 0.155. The van der Waals surface area contributed by atoms with Crippen molar-refractivity contribution in [1.29, 1.82) is 0 Å². The maximum atomic E-state index is 14.5. The molecule has 0 saturated heterocycles. The third-order valence-electron chi connectivity index (χ3n) is 5.50. The van der Waals surface area contributed by atoms with Crippen LogP contribution in [-0.4, -0.2) is 18.4 Å². The standard InChI is InChI=1S/C24H15ClF2N2O2/c25-16-7-5-15(6-8-16)21-22(28-12-11-14-3-1-2-4-19(14)28)24(31)29(23(21)30)20-10-9-17(26)13-18(20)27/h1-10,13H,11-12H2. The van der Waals surface area contributed by atoms with Crippen LogP contribution in [0, 0.1) is 11.6 Å². The fourth-order valence-electron chi connectivity index (χ4n) is 4.10. The number of carbonyl (C=O) groups is 2. The van der Waals surface area contributed by atoms with E-state index in [2.05, 4.69) is 0 Å². The number of para-hydroxylation sites is 1. The quantitative estimate of drug-likeness (QED) is 0.544. The van der Waals surface area contributed by atoms with E-state index in [9.17, 15) is 18.4 Å². The Balaban J connectivity index is 1.70. The van der Waals surface area contributed by atoms with Crippen molar-refractivity contribution >= 4 is 40.4 Å². The predicted molar refractivity (Wildman–Crippen MR) is 115 cm³/mol. The Kier molecular flexibility index (Phi) is 4.59. The summed E-state index contributed by atoms with van der Waals surface area (Å²) in [6.07, 6.45) is 0.708. The van der Waals surface area contributed by atoms with Gasteiger partial charge in [0.05, 0.1) is 11.3 Å². The Hall–Kier alpha value is -3.51. The van der Waals surface area contributed by atoms with E-state index in [1.807, 2.05) is 24.3 Å². The van der Waals surface area contributed by atoms with Gasteiger partial charge in [0.25, 0.3) is 11.8 Å². The van der Waals surface area contributed by atoms with Gasteiger partial charge in [-0.2, -0.15) is 0 Å². The minimum Gasteiger partial charge on any atom is -0.336 e. The lowest BCUT2D eigenvalue weighted by atomic mass is 10.0. The summed E-state index contributed by atoms with van der Waals surface area (Å²) in [5.74, 6) is -3.10. The highest BCUT2D eigenvalue weighted by Crippen LogP contribution is 2.40. The second-order valence-electron chi connectivity index (χ2n) is 7.30. The van der Waals surface area contributed by atoms with Crippen LogP contribution in [0.1, 0.15) is 11.1 Å². The second-order valence-corrected chi connectivity index (χ2v) is 7.74. The summed E-state index contributed by atoms with van der Waals surface area (Å²) in [6, 6.07) is 16.9. The first-order valence-electron chi connectivity index (χ1n) is 9.65. The third-order valence-corrected chi connectivity index (χ3v) is 5.75. The molecule has 3 aromatic rings. The van der Waals surface area contributed by atoms with Crippen LogP contribution < -0.4 is 9.80 Å². The van der Waals surface area contributed by atoms with E-state index in [0.29, 0.717) is 29.6 Å². The van der Waals surface area contributed by atoms with Gasteiger partial charge in [-0.1, -0.05) is 41.9 Å². The first-order chi connectivity index (χ1) is 15.0. The summed E-state index contributed by atoms with van der Waals surface area (Å²) in [5, 5.41) is 0.482. The first kappa shape index (κ1) is 19.5. The Morgan fingerprint density at radius 3 is 2.32 bits per heavy atom. The van der Waals surface area contributed by atoms with Gasteiger partial charge in [-0.05, 0) is 47.9 Å². The lowest BCUT2D eigenvalue weighted by Gasteiger charge is -2.22. The lowest BCUT2D eigenvalue weighted by molar-refractivity contribution is -0.120. The van der Waals surface area contributed by atoms with Crippen LogP contribution in [-0.2, 0) is 16.0 Å². The van der Waals surface area contributed by atoms with Crippen LogP contribution in [0.5, 0.6) is 0 Å². The number of fused-ring (bicyclic) bond motifs is 1. The van der Waals surface area contributed by atoms with E-state index in [-0.39, 0.29) is 17.0 Å². The number of hydrogen-bond donors (Lipinski definition) is 0. The molecule has 0 fully saturated rings. The van der Waals surface area contributed by atoms with Crippen molar-refractivity contribution in [3.8, 4) is 0 Å². The van der Waals surface area contributed by atoms with E-state index in [0.717, 1.165) is 28.3 Å². The van der Waals surface area contributed by atoms with Crippen LogP contribution in [0.25, 0.3) is 5.57 Å². The average molecular weight is 437 g/mol. The van der Waals surface area contributed by atoms with Gasteiger partial charge < -0.3 is 4.90 Å². The van der Waals surface area contributed by atoms with Gasteiger partial charge in [0.15, 0.2) is 0 Å². The molecular formula is C24H15ClF2N2O2. The topological polar surface area (TPSA) is 40.6 Å². The average Bonchev–Trinajstić information content (AvgIpc) is 3.28. The molecule has 0 unspecified atom stereocenters. The third kappa shape index (κ3) is 3.11. The van der Waals surface area contributed by atoms with Crippen molar-refractivity contribution < 1.29 is 18.4 Å². The summed E-state index contributed by atoms with van der Waals surface area (Å²) >= 11 is 6.00. The Bertz CT molecular complexity index is 1270. The van der Waals surface area contributed by atoms with Crippen LogP contribution in [0.2, 0.25) is 5.02 Å². The zero-order valence-electron chi connectivity index (χ0n) is 16.1. The number of hydrogen-bond acceptors (Lipinski definition) is 3. The molecule has 2 aliphatic heterocycles. The Morgan fingerprint density at radius 2 is 1.58 bits per heavy atom. The number of rotatable bonds is 3. The van der Waals surface area contributed by atoms with Crippen molar-refractivity contribution in [1.82, 2.24) is 0 Å². The maximum Gasteiger partial charge on any atom is 0.282 e. The van der Waals surface area contributed by atoms with E-state index >= 15 is 0 Å². The number of amides is 2. The first-order valence-corrected chi connectivity index (χ1v) is 10.0. The molecule has 0 atom stereocenters. The molecule has 4 nitrogen and oxygen atoms in total. The van der Waals surface area contributed by atoms with Crippen LogP contribution in [0.3, 0.4) is 0 Å². The summed E-state index contributed by atoms with van der Waals surface area (Å²) in [4.78, 5) is 29.5. The molecule has 3 aromatic carbocycles. The molecule has 0 spiro atoms. The molecule has 2 amide bonds. The summed E-state index contributed by atoms with van der Waals surface area (Å²) in [6.45, 7) is 0.504. The molecule has 0 N–H and O–H groups in total. The van der Waals surface area contributed by atoms with Crippen molar-refractivity contribution in [2.45, 2.75) is 6.42 Å². The summed E-state index contributed by atoms with van der Waals surface area (Å²) in [5.41, 5.74) is 2.41. The smallest absolute Gasteiger partial charge is 0.282 e. The van der Waals surface area contributed by atoms with E-state index in [4.69, 9.17) is 11.6 Å². The van der Waals surface area contributed by atoms with Gasteiger partial charge >= 0.3 is 0 Å². The van der Waals surface area contributed by atoms with Crippen molar-refractivity contribution in [2.75, 3.05) is 16.3 Å². The number of nitrogens with zero attached hydrogens (tertiary/aromatic N) is 2. The molecule has 0 radical (unpaired) electrons. The lowest BCUT2D eigenvalue weighted by Crippen LogP contribution is -2.35. The molecular weight excluding hydrogens is 422 g/mol. The molecule has 7 heteroatoms. The summed E-state index contributed by atoms with van der Waals surface area (Å²) < 4.78 is 28.0. The largest absolute Gasteiger partial charge is 0.336 e. The normalized spacial score (nSPS) is 15.8. The number of anilines is 2. The Morgan fingerprint density at radius 1 is 0.839 bits per heavy atom. The molecule has 0 bridgehead atoms. The highest BCUT2D eigenvalue weighted by Gasteiger charge is 2.44. The van der Waals surface area contributed by atoms with E-state index in [1.165, 1.54) is 0 Å². The highest BCUT2D eigenvalue weighted by atomic mass is 35.5. The van der Waals surface area contributed by atoms with Gasteiger partial charge in [0, 0.05) is 23.3 Å². The van der Waals surface area contributed by atoms with Gasteiger partial charge in [-0.25, -0.2) is 13.7 Å². The van der Waals surface area contributed by atoms with Crippen molar-refractivity contribution in [3.05, 3.63) is 100 Å². The molecule has 0 aromatic heterocycles. The van der Waals surface area contributed by atoms with E-state index < -0.39 is 23.4 Å². The number of halogens is 3. The van der Waals surface area contributed by atoms with Gasteiger partial charge in [-0.15, -0.1) is 0 Å². The highest BCUT2D eigenvalue weighted by molar-refractivity contribution is 6.46. The zero-order chi connectivity index (χ0) is 21.7. The molecule has 0 saturated carbocycles. The van der Waals surface area contributed by atoms with Gasteiger partial charge in [0.2, 0.25) is 0 Å². The number of benzene rings is 3. The van der Waals surface area contributed by atoms with Crippen LogP contribution in [0.4, 0.5) is 20.2 Å². The van der Waals surface area contributed by atoms with Crippen molar-refractivity contribution in [3.63, 3.8) is 0 Å². The number of carbonyl (C=O) groups excluding carboxylic acids is 2. The fourth-order valence-corrected chi connectivity index (χ4v) is 4.22. The number of imide groups is 1. The molecule has 154 valence electrons. The SMILES string of the molecule is O=C1C(c2ccc(Cl)cc2)=C(N2CCc3ccccc32)C(=O)N1c1ccc(F)cc1F. The maximum absolute atomic E-state index is 14.5. The fraction of sp³-hybridized carbons (Fsp3) is 0.0833. The molecule has 31 heavy (non-hydrogen) atoms. The molecule has 2 heterocycles. The molecule has 0 aliphatic carbocycles. The monoisotopic (exact) mass is 436 g/mol. The Labute approximate surface area is 182 Å². The second kappa shape index (κ2) is 7.32. The molecule has 2 aliphatic rings. The molecule has 5 rings (SSSR count). The van der Waals surface area contributed by atoms with Crippen molar-refractivity contribution in [2.24, 2.45) is 0 Å². The summed E-state index contributed by atoms with van der Waals surface area (Å²) in [7, 11) is 0. The zero-order valence-corrected chi connectivity index (χ0v) is 16.9. The minimum atomic E-state index is -0.986. The van der Waals surface area contributed by atoms with Crippen LogP contribution in [0.15, 0.2) is 72.4 Å². The van der Waals surface area contributed by atoms with E-state index in [1.54, 1.807) is 29.2 Å². The van der Waals surface area contributed by atoms with Gasteiger partial charge in [-0.3, -0.25) is 9.59 Å². The van der Waals surface area contributed by atoms with Crippen LogP contribution >= 0.6 is 11.6 Å².